The molecular formula is C4H6BrN3S. The molecule has 0 saturated carbocycles. The topological polar surface area (TPSA) is 37.8 Å². The predicted octanol–water partition coefficient (Wildman–Crippen LogP) is 1.02. The first kappa shape index (κ1) is 7.11. The molecule has 0 saturated heterocycles. The maximum absolute atomic E-state index is 3.86. The standard InChI is InChI=1S/C4H6BrN3S/c1-6-2-3-7-8-4(5)9-3/h6H,2H2,1H3. The molecule has 0 bridgehead atoms. The number of nitrogens with zero attached hydrogens (tertiary/aromatic N) is 2. The number of aromatic nitrogens is 2. The van der Waals surface area contributed by atoms with Gasteiger partial charge >= 0.3 is 0 Å². The Balaban J connectivity index is 2.61. The van der Waals surface area contributed by atoms with Crippen molar-refractivity contribution in [1.29, 1.82) is 0 Å². The molecule has 0 fully saturated rings. The molecule has 0 atom stereocenters. The molecule has 9 heavy (non-hydrogen) atoms. The summed E-state index contributed by atoms with van der Waals surface area (Å²) < 4.78 is 0.841. The van der Waals surface area contributed by atoms with Crippen LogP contribution in [-0.2, 0) is 6.54 Å². The lowest BCUT2D eigenvalue weighted by atomic mass is 10.7. The van der Waals surface area contributed by atoms with Gasteiger partial charge in [-0.2, -0.15) is 0 Å². The third-order valence-electron chi connectivity index (χ3n) is 0.770. The molecule has 0 aromatic carbocycles. The maximum Gasteiger partial charge on any atom is 0.183 e. The minimum Gasteiger partial charge on any atom is -0.313 e. The minimum absolute atomic E-state index is 0.795. The highest BCUT2D eigenvalue weighted by Gasteiger charge is 1.97. The summed E-state index contributed by atoms with van der Waals surface area (Å²) in [6.07, 6.45) is 0. The molecule has 0 spiro atoms. The Morgan fingerprint density at radius 2 is 2.44 bits per heavy atom. The van der Waals surface area contributed by atoms with Crippen molar-refractivity contribution >= 4 is 27.3 Å². The van der Waals surface area contributed by atoms with Crippen LogP contribution in [-0.4, -0.2) is 17.2 Å². The van der Waals surface area contributed by atoms with Crippen LogP contribution >= 0.6 is 27.3 Å². The number of nitrogens with one attached hydrogen (secondary N) is 1. The van der Waals surface area contributed by atoms with Gasteiger partial charge in [-0.05, 0) is 23.0 Å². The summed E-state index contributed by atoms with van der Waals surface area (Å²) >= 11 is 4.76. The molecule has 3 nitrogen and oxygen atoms in total. The number of halogens is 1. The lowest BCUT2D eigenvalue weighted by Gasteiger charge is -1.86. The third kappa shape index (κ3) is 2.00. The van der Waals surface area contributed by atoms with Gasteiger partial charge in [0.15, 0.2) is 3.92 Å². The van der Waals surface area contributed by atoms with E-state index in [0.717, 1.165) is 15.5 Å². The van der Waals surface area contributed by atoms with E-state index in [1.807, 2.05) is 7.05 Å². The Hall–Kier alpha value is -0.0000000000000000833. The van der Waals surface area contributed by atoms with Crippen molar-refractivity contribution in [3.63, 3.8) is 0 Å². The highest BCUT2D eigenvalue weighted by Crippen LogP contribution is 2.14. The van der Waals surface area contributed by atoms with Crippen LogP contribution in [0.25, 0.3) is 0 Å². The quantitative estimate of drug-likeness (QED) is 0.788. The molecule has 1 N–H and O–H groups in total. The van der Waals surface area contributed by atoms with Crippen LogP contribution in [0.2, 0.25) is 0 Å². The first-order chi connectivity index (χ1) is 4.33. The second-order valence-corrected chi connectivity index (χ2v) is 3.82. The number of rotatable bonds is 2. The summed E-state index contributed by atoms with van der Waals surface area (Å²) in [6, 6.07) is 0. The molecular weight excluding hydrogens is 202 g/mol. The Kier molecular flexibility index (Phi) is 2.56. The van der Waals surface area contributed by atoms with Crippen LogP contribution in [0.5, 0.6) is 0 Å². The Bertz CT molecular complexity index is 188. The fourth-order valence-corrected chi connectivity index (χ4v) is 1.67. The summed E-state index contributed by atoms with van der Waals surface area (Å²) in [7, 11) is 1.88. The van der Waals surface area contributed by atoms with Crippen LogP contribution in [0.4, 0.5) is 0 Å². The average molecular weight is 208 g/mol. The Morgan fingerprint density at radius 3 is 2.89 bits per heavy atom. The summed E-state index contributed by atoms with van der Waals surface area (Å²) in [4.78, 5) is 0. The molecule has 0 aliphatic carbocycles. The van der Waals surface area contributed by atoms with Gasteiger partial charge in [-0.1, -0.05) is 11.3 Å². The van der Waals surface area contributed by atoms with Gasteiger partial charge in [0.2, 0.25) is 0 Å². The van der Waals surface area contributed by atoms with E-state index >= 15 is 0 Å². The van der Waals surface area contributed by atoms with Crippen LogP contribution in [0, 0.1) is 0 Å². The fourth-order valence-electron chi connectivity index (χ4n) is 0.456. The summed E-state index contributed by atoms with van der Waals surface area (Å²) in [5, 5.41) is 11.6. The average Bonchev–Trinajstić information content (AvgIpc) is 2.17. The van der Waals surface area contributed by atoms with Gasteiger partial charge in [0.25, 0.3) is 0 Å². The molecule has 1 heterocycles. The highest BCUT2D eigenvalue weighted by molar-refractivity contribution is 9.11. The zero-order chi connectivity index (χ0) is 6.69. The van der Waals surface area contributed by atoms with Crippen molar-refractivity contribution in [2.24, 2.45) is 0 Å². The predicted molar refractivity (Wildman–Crippen MR) is 40.4 cm³/mol. The Morgan fingerprint density at radius 1 is 1.67 bits per heavy atom. The summed E-state index contributed by atoms with van der Waals surface area (Å²) in [6.45, 7) is 0.795. The van der Waals surface area contributed by atoms with E-state index in [1.54, 1.807) is 11.3 Å². The van der Waals surface area contributed by atoms with Crippen LogP contribution in [0.15, 0.2) is 3.92 Å². The van der Waals surface area contributed by atoms with E-state index in [2.05, 4.69) is 31.4 Å². The minimum atomic E-state index is 0.795. The molecule has 0 aliphatic heterocycles. The van der Waals surface area contributed by atoms with Gasteiger partial charge in [-0.15, -0.1) is 10.2 Å². The van der Waals surface area contributed by atoms with Crippen LogP contribution in [0.3, 0.4) is 0 Å². The smallest absolute Gasteiger partial charge is 0.183 e. The highest BCUT2D eigenvalue weighted by atomic mass is 79.9. The van der Waals surface area contributed by atoms with Crippen molar-refractivity contribution < 1.29 is 0 Å². The second-order valence-electron chi connectivity index (χ2n) is 1.48. The van der Waals surface area contributed by atoms with Crippen LogP contribution in [0.1, 0.15) is 5.01 Å². The summed E-state index contributed by atoms with van der Waals surface area (Å²) in [5.41, 5.74) is 0. The van der Waals surface area contributed by atoms with E-state index < -0.39 is 0 Å². The molecule has 0 radical (unpaired) electrons. The molecule has 50 valence electrons. The normalized spacial score (nSPS) is 10.0. The van der Waals surface area contributed by atoms with Gasteiger partial charge in [0, 0.05) is 6.54 Å². The first-order valence-electron chi connectivity index (χ1n) is 2.45. The monoisotopic (exact) mass is 207 g/mol. The molecule has 1 aromatic heterocycles. The van der Waals surface area contributed by atoms with Gasteiger partial charge in [-0.25, -0.2) is 0 Å². The zero-order valence-electron chi connectivity index (χ0n) is 4.89. The largest absolute Gasteiger partial charge is 0.313 e. The van der Waals surface area contributed by atoms with Gasteiger partial charge < -0.3 is 5.32 Å². The van der Waals surface area contributed by atoms with Crippen molar-refractivity contribution in [3.05, 3.63) is 8.92 Å². The Labute approximate surface area is 65.6 Å². The molecule has 0 aliphatic rings. The van der Waals surface area contributed by atoms with Gasteiger partial charge in [0.1, 0.15) is 5.01 Å². The van der Waals surface area contributed by atoms with Gasteiger partial charge in [-0.3, -0.25) is 0 Å². The first-order valence-corrected chi connectivity index (χ1v) is 4.06. The maximum atomic E-state index is 3.86. The van der Waals surface area contributed by atoms with Crippen molar-refractivity contribution in [2.75, 3.05) is 7.05 Å². The molecule has 0 amide bonds. The van der Waals surface area contributed by atoms with E-state index in [0.29, 0.717) is 0 Å². The van der Waals surface area contributed by atoms with Crippen molar-refractivity contribution in [1.82, 2.24) is 15.5 Å². The lowest BCUT2D eigenvalue weighted by molar-refractivity contribution is 0.793. The number of hydrogen-bond donors (Lipinski definition) is 1. The van der Waals surface area contributed by atoms with E-state index in [-0.39, 0.29) is 0 Å². The molecule has 1 aromatic rings. The SMILES string of the molecule is CNCc1nnc(Br)s1. The van der Waals surface area contributed by atoms with E-state index in [9.17, 15) is 0 Å². The van der Waals surface area contributed by atoms with Crippen molar-refractivity contribution in [3.8, 4) is 0 Å². The van der Waals surface area contributed by atoms with Gasteiger partial charge in [0.05, 0.1) is 0 Å². The molecule has 5 heteroatoms. The molecule has 0 unspecified atom stereocenters. The second kappa shape index (κ2) is 3.24. The summed E-state index contributed by atoms with van der Waals surface area (Å²) in [5.74, 6) is 0. The van der Waals surface area contributed by atoms with E-state index in [4.69, 9.17) is 0 Å². The van der Waals surface area contributed by atoms with E-state index in [1.165, 1.54) is 0 Å². The lowest BCUT2D eigenvalue weighted by Crippen LogP contribution is -2.04. The third-order valence-corrected chi connectivity index (χ3v) is 2.13. The fraction of sp³-hybridized carbons (Fsp3) is 0.500. The zero-order valence-corrected chi connectivity index (χ0v) is 7.29. The van der Waals surface area contributed by atoms with Crippen molar-refractivity contribution in [2.45, 2.75) is 6.54 Å². The molecule has 1 rings (SSSR count). The van der Waals surface area contributed by atoms with Crippen LogP contribution < -0.4 is 5.32 Å². The number of hydrogen-bond acceptors (Lipinski definition) is 4.